The van der Waals surface area contributed by atoms with E-state index in [0.717, 1.165) is 5.56 Å². The van der Waals surface area contributed by atoms with Gasteiger partial charge in [-0.3, -0.25) is 4.31 Å². The summed E-state index contributed by atoms with van der Waals surface area (Å²) < 4.78 is 38.9. The van der Waals surface area contributed by atoms with Gasteiger partial charge in [-0.1, -0.05) is 23.7 Å². The highest BCUT2D eigenvalue weighted by Gasteiger charge is 2.30. The molecule has 0 saturated heterocycles. The van der Waals surface area contributed by atoms with E-state index >= 15 is 0 Å². The molecule has 0 bridgehead atoms. The molecular formula is C22H22ClNO4S. The second kappa shape index (κ2) is 8.76. The average molecular weight is 432 g/mol. The first-order valence-electron chi connectivity index (χ1n) is 8.95. The Hall–Kier alpha value is -2.70. The molecule has 152 valence electrons. The van der Waals surface area contributed by atoms with Gasteiger partial charge in [-0.2, -0.15) is 0 Å². The predicted octanol–water partition coefficient (Wildman–Crippen LogP) is 5.31. The van der Waals surface area contributed by atoms with Gasteiger partial charge in [0.1, 0.15) is 11.5 Å². The fraction of sp³-hybridized carbons (Fsp3) is 0.182. The van der Waals surface area contributed by atoms with Crippen LogP contribution in [0.5, 0.6) is 11.5 Å². The minimum atomic E-state index is -3.85. The highest BCUT2D eigenvalue weighted by Crippen LogP contribution is 2.35. The molecule has 3 aromatic carbocycles. The van der Waals surface area contributed by atoms with E-state index in [4.69, 9.17) is 21.1 Å². The fourth-order valence-corrected chi connectivity index (χ4v) is 4.81. The molecule has 0 aliphatic heterocycles. The normalized spacial score (nSPS) is 12.3. The van der Waals surface area contributed by atoms with Crippen LogP contribution in [-0.4, -0.2) is 22.6 Å². The molecule has 1 atom stereocenters. The van der Waals surface area contributed by atoms with E-state index in [-0.39, 0.29) is 4.90 Å². The molecule has 0 spiro atoms. The molecule has 1 unspecified atom stereocenters. The van der Waals surface area contributed by atoms with Gasteiger partial charge in [-0.25, -0.2) is 8.42 Å². The van der Waals surface area contributed by atoms with Crippen LogP contribution >= 0.6 is 11.6 Å². The van der Waals surface area contributed by atoms with Crippen LogP contribution in [-0.2, 0) is 10.0 Å². The zero-order valence-electron chi connectivity index (χ0n) is 16.4. The van der Waals surface area contributed by atoms with Gasteiger partial charge in [0.15, 0.2) is 0 Å². The van der Waals surface area contributed by atoms with Crippen molar-refractivity contribution in [1.82, 2.24) is 0 Å². The molecular weight excluding hydrogens is 410 g/mol. The molecule has 0 heterocycles. The maximum absolute atomic E-state index is 13.6. The first-order chi connectivity index (χ1) is 13.9. The summed E-state index contributed by atoms with van der Waals surface area (Å²) in [5.41, 5.74) is 1.36. The first kappa shape index (κ1) is 21.0. The highest BCUT2D eigenvalue weighted by atomic mass is 35.5. The van der Waals surface area contributed by atoms with Crippen LogP contribution in [0, 0.1) is 0 Å². The molecule has 0 aliphatic rings. The monoisotopic (exact) mass is 431 g/mol. The van der Waals surface area contributed by atoms with Crippen LogP contribution in [0.4, 0.5) is 5.69 Å². The number of hydrogen-bond donors (Lipinski definition) is 0. The molecule has 0 aliphatic carbocycles. The molecule has 3 rings (SSSR count). The molecule has 0 aromatic heterocycles. The van der Waals surface area contributed by atoms with Crippen LogP contribution in [0.1, 0.15) is 18.5 Å². The number of methoxy groups -OCH3 is 2. The van der Waals surface area contributed by atoms with Crippen molar-refractivity contribution in [2.75, 3.05) is 18.5 Å². The van der Waals surface area contributed by atoms with Crippen molar-refractivity contribution in [3.63, 3.8) is 0 Å². The second-order valence-corrected chi connectivity index (χ2v) is 8.65. The molecule has 29 heavy (non-hydrogen) atoms. The summed E-state index contributed by atoms with van der Waals surface area (Å²) in [6, 6.07) is 20.0. The number of rotatable bonds is 7. The summed E-state index contributed by atoms with van der Waals surface area (Å²) in [5, 5.41) is 0.475. The number of anilines is 1. The zero-order chi connectivity index (χ0) is 21.0. The topological polar surface area (TPSA) is 55.8 Å². The standard InChI is InChI=1S/C22H22ClNO4S/c1-16(17-4-10-20(27-2)11-5-17)24(19-8-12-21(28-3)13-9-19)29(25,26)22-14-6-18(23)7-15-22/h4-16H,1-3H3. The van der Waals surface area contributed by atoms with Crippen molar-refractivity contribution in [2.45, 2.75) is 17.9 Å². The van der Waals surface area contributed by atoms with Crippen LogP contribution < -0.4 is 13.8 Å². The minimum Gasteiger partial charge on any atom is -0.497 e. The number of nitrogens with zero attached hydrogens (tertiary/aromatic N) is 1. The van der Waals surface area contributed by atoms with Crippen LogP contribution in [0.15, 0.2) is 77.7 Å². The summed E-state index contributed by atoms with van der Waals surface area (Å²) in [6.07, 6.45) is 0. The lowest BCUT2D eigenvalue weighted by molar-refractivity contribution is 0.414. The Labute approximate surface area is 176 Å². The second-order valence-electron chi connectivity index (χ2n) is 6.40. The Morgan fingerprint density at radius 1 is 0.793 bits per heavy atom. The maximum Gasteiger partial charge on any atom is 0.264 e. The summed E-state index contributed by atoms with van der Waals surface area (Å²) in [6.45, 7) is 1.85. The average Bonchev–Trinajstić information content (AvgIpc) is 2.74. The van der Waals surface area contributed by atoms with Gasteiger partial charge in [0.2, 0.25) is 0 Å². The Morgan fingerprint density at radius 3 is 1.76 bits per heavy atom. The van der Waals surface area contributed by atoms with E-state index in [9.17, 15) is 8.42 Å². The summed E-state index contributed by atoms with van der Waals surface area (Å²) in [7, 11) is -0.694. The third-order valence-corrected chi connectivity index (χ3v) is 6.81. The predicted molar refractivity (Wildman–Crippen MR) is 116 cm³/mol. The van der Waals surface area contributed by atoms with Crippen molar-refractivity contribution in [2.24, 2.45) is 0 Å². The Kier molecular flexibility index (Phi) is 6.35. The minimum absolute atomic E-state index is 0.165. The van der Waals surface area contributed by atoms with Gasteiger partial charge in [-0.15, -0.1) is 0 Å². The number of sulfonamides is 1. The number of ether oxygens (including phenoxy) is 2. The quantitative estimate of drug-likeness (QED) is 0.508. The number of halogens is 1. The molecule has 7 heteroatoms. The molecule has 0 amide bonds. The highest BCUT2D eigenvalue weighted by molar-refractivity contribution is 7.92. The van der Waals surface area contributed by atoms with E-state index in [0.29, 0.717) is 22.2 Å². The Balaban J connectivity index is 2.10. The van der Waals surface area contributed by atoms with E-state index in [1.165, 1.54) is 16.4 Å². The van der Waals surface area contributed by atoms with E-state index in [1.807, 2.05) is 31.2 Å². The largest absolute Gasteiger partial charge is 0.497 e. The van der Waals surface area contributed by atoms with Crippen LogP contribution in [0.25, 0.3) is 0 Å². The van der Waals surface area contributed by atoms with Crippen molar-refractivity contribution < 1.29 is 17.9 Å². The van der Waals surface area contributed by atoms with Crippen LogP contribution in [0.2, 0.25) is 5.02 Å². The molecule has 0 saturated carbocycles. The lowest BCUT2D eigenvalue weighted by atomic mass is 10.1. The number of benzene rings is 3. The summed E-state index contributed by atoms with van der Waals surface area (Å²) in [5.74, 6) is 1.35. The van der Waals surface area contributed by atoms with E-state index < -0.39 is 16.1 Å². The van der Waals surface area contributed by atoms with Gasteiger partial charge in [0, 0.05) is 5.02 Å². The molecule has 5 nitrogen and oxygen atoms in total. The Morgan fingerprint density at radius 2 is 1.28 bits per heavy atom. The summed E-state index contributed by atoms with van der Waals surface area (Å²) in [4.78, 5) is 0.165. The number of hydrogen-bond acceptors (Lipinski definition) is 4. The SMILES string of the molecule is COc1ccc(C(C)N(c2ccc(OC)cc2)S(=O)(=O)c2ccc(Cl)cc2)cc1. The van der Waals surface area contributed by atoms with E-state index in [1.54, 1.807) is 50.6 Å². The van der Waals surface area contributed by atoms with Crippen molar-refractivity contribution in [3.8, 4) is 11.5 Å². The first-order valence-corrected chi connectivity index (χ1v) is 10.8. The van der Waals surface area contributed by atoms with E-state index in [2.05, 4.69) is 0 Å². The Bertz CT molecular complexity index is 1050. The molecule has 0 N–H and O–H groups in total. The third-order valence-electron chi connectivity index (χ3n) is 4.65. The molecule has 3 aromatic rings. The van der Waals surface area contributed by atoms with Crippen LogP contribution in [0.3, 0.4) is 0 Å². The lowest BCUT2D eigenvalue weighted by Crippen LogP contribution is -2.33. The lowest BCUT2D eigenvalue weighted by Gasteiger charge is -2.31. The van der Waals surface area contributed by atoms with Gasteiger partial charge < -0.3 is 9.47 Å². The summed E-state index contributed by atoms with van der Waals surface area (Å²) >= 11 is 5.94. The molecule has 0 fully saturated rings. The maximum atomic E-state index is 13.6. The van der Waals surface area contributed by atoms with Gasteiger partial charge in [0.25, 0.3) is 10.0 Å². The van der Waals surface area contributed by atoms with Gasteiger partial charge >= 0.3 is 0 Å². The fourth-order valence-electron chi connectivity index (χ4n) is 3.04. The van der Waals surface area contributed by atoms with Gasteiger partial charge in [0.05, 0.1) is 30.8 Å². The van der Waals surface area contributed by atoms with Crippen molar-refractivity contribution in [1.29, 1.82) is 0 Å². The van der Waals surface area contributed by atoms with Crippen molar-refractivity contribution >= 4 is 27.3 Å². The molecule has 0 radical (unpaired) electrons. The van der Waals surface area contributed by atoms with Gasteiger partial charge in [-0.05, 0) is 73.2 Å². The zero-order valence-corrected chi connectivity index (χ0v) is 17.9. The smallest absolute Gasteiger partial charge is 0.264 e. The van der Waals surface area contributed by atoms with Crippen molar-refractivity contribution in [3.05, 3.63) is 83.4 Å². The third kappa shape index (κ3) is 4.49.